The summed E-state index contributed by atoms with van der Waals surface area (Å²) in [6, 6.07) is 2.42. The van der Waals surface area contributed by atoms with Gasteiger partial charge in [0, 0.05) is 25.6 Å². The summed E-state index contributed by atoms with van der Waals surface area (Å²) in [7, 11) is 6.59. The first-order valence-electron chi connectivity index (χ1n) is 10.5. The number of carbonyl (C=O) groups is 3. The van der Waals surface area contributed by atoms with Gasteiger partial charge in [-0.2, -0.15) is 0 Å². The Bertz CT molecular complexity index is 1170. The lowest BCUT2D eigenvalue weighted by Gasteiger charge is -2.50. The van der Waals surface area contributed by atoms with Crippen LogP contribution in [0.4, 0.5) is 5.69 Å². The number of Topliss-reactive ketones (excluding diaryl/α,β-unsaturated/α-hetero) is 2. The number of amides is 1. The van der Waals surface area contributed by atoms with Gasteiger partial charge in [0.05, 0.1) is 17.3 Å². The second-order valence-corrected chi connectivity index (χ2v) is 9.32. The molecular formula is C23H27N3O7. The van der Waals surface area contributed by atoms with Crippen molar-refractivity contribution in [1.29, 1.82) is 0 Å². The van der Waals surface area contributed by atoms with Crippen LogP contribution in [0.3, 0.4) is 0 Å². The van der Waals surface area contributed by atoms with Crippen molar-refractivity contribution in [2.75, 3.05) is 33.1 Å². The Kier molecular flexibility index (Phi) is 5.06. The number of phenolic OH excluding ortho intramolecular Hbond substituents is 1. The minimum Gasteiger partial charge on any atom is -0.510 e. The number of nitrogens with zero attached hydrogens (tertiary/aromatic N) is 2. The molecule has 0 saturated heterocycles. The van der Waals surface area contributed by atoms with Crippen molar-refractivity contribution in [2.24, 2.45) is 17.6 Å². The first-order valence-corrected chi connectivity index (χ1v) is 10.5. The zero-order valence-electron chi connectivity index (χ0n) is 18.8. The molecule has 4 rings (SSSR count). The van der Waals surface area contributed by atoms with Crippen molar-refractivity contribution in [3.05, 3.63) is 45.9 Å². The number of nitrogens with two attached hydrogens (primary N) is 1. The van der Waals surface area contributed by atoms with E-state index in [1.807, 2.05) is 0 Å². The molecule has 3 aliphatic rings. The van der Waals surface area contributed by atoms with Gasteiger partial charge >= 0.3 is 0 Å². The molecule has 0 spiro atoms. The highest BCUT2D eigenvalue weighted by Gasteiger charge is 2.63. The molecule has 10 nitrogen and oxygen atoms in total. The van der Waals surface area contributed by atoms with E-state index in [9.17, 15) is 34.8 Å². The van der Waals surface area contributed by atoms with Gasteiger partial charge in [-0.1, -0.05) is 6.07 Å². The largest absolute Gasteiger partial charge is 0.510 e. The zero-order chi connectivity index (χ0) is 24.6. The van der Waals surface area contributed by atoms with E-state index in [4.69, 9.17) is 5.73 Å². The summed E-state index contributed by atoms with van der Waals surface area (Å²) in [5, 5.41) is 44.2. The lowest BCUT2D eigenvalue weighted by atomic mass is 9.58. The number of phenols is 1. The van der Waals surface area contributed by atoms with Gasteiger partial charge in [0.25, 0.3) is 5.91 Å². The maximum Gasteiger partial charge on any atom is 0.255 e. The first-order chi connectivity index (χ1) is 15.3. The predicted octanol–water partition coefficient (Wildman–Crippen LogP) is 0.187. The summed E-state index contributed by atoms with van der Waals surface area (Å²) >= 11 is 0. The van der Waals surface area contributed by atoms with Crippen LogP contribution < -0.4 is 10.6 Å². The molecule has 10 heteroatoms. The third kappa shape index (κ3) is 2.90. The Morgan fingerprint density at radius 3 is 2.30 bits per heavy atom. The first kappa shape index (κ1) is 22.8. The van der Waals surface area contributed by atoms with Gasteiger partial charge in [0.1, 0.15) is 22.8 Å². The van der Waals surface area contributed by atoms with E-state index in [0.717, 1.165) is 0 Å². The van der Waals surface area contributed by atoms with Gasteiger partial charge < -0.3 is 31.1 Å². The molecule has 0 fully saturated rings. The summed E-state index contributed by atoms with van der Waals surface area (Å²) in [6.07, 6.45) is 0.345. The Morgan fingerprint density at radius 1 is 1.12 bits per heavy atom. The molecule has 33 heavy (non-hydrogen) atoms. The van der Waals surface area contributed by atoms with Crippen LogP contribution in [0.25, 0.3) is 0 Å². The third-order valence-electron chi connectivity index (χ3n) is 7.06. The average Bonchev–Trinajstić information content (AvgIpc) is 2.70. The number of aliphatic hydroxyl groups is 3. The maximum absolute atomic E-state index is 13.5. The highest BCUT2D eigenvalue weighted by molar-refractivity contribution is 6.24. The topological polar surface area (TPSA) is 165 Å². The summed E-state index contributed by atoms with van der Waals surface area (Å²) < 4.78 is 0. The monoisotopic (exact) mass is 457 g/mol. The van der Waals surface area contributed by atoms with E-state index in [0.29, 0.717) is 11.3 Å². The minimum absolute atomic E-state index is 0.00184. The normalized spacial score (nSPS) is 29.1. The number of ketones is 2. The van der Waals surface area contributed by atoms with Crippen LogP contribution in [-0.2, 0) is 16.0 Å². The SMILES string of the molecule is CN(C)c1ccc2c(c1O)C(=O)C1=C(O)[C@]3(O)C(=O)C(C(N)=O)=C(O)[C@@H](N(C)C)C3CC1C2. The number of benzene rings is 1. The van der Waals surface area contributed by atoms with Crippen LogP contribution in [0.2, 0.25) is 0 Å². The summed E-state index contributed by atoms with van der Waals surface area (Å²) in [4.78, 5) is 41.8. The van der Waals surface area contributed by atoms with Crippen LogP contribution in [-0.4, -0.2) is 82.6 Å². The second kappa shape index (κ2) is 7.32. The molecule has 6 N–H and O–H groups in total. The van der Waals surface area contributed by atoms with Crippen molar-refractivity contribution < 1.29 is 34.8 Å². The Hall–Kier alpha value is -3.37. The minimum atomic E-state index is -2.63. The highest BCUT2D eigenvalue weighted by Crippen LogP contribution is 2.52. The molecule has 4 atom stereocenters. The quantitative estimate of drug-likeness (QED) is 0.398. The van der Waals surface area contributed by atoms with E-state index in [1.165, 1.54) is 4.90 Å². The zero-order valence-corrected chi connectivity index (χ0v) is 18.8. The number of fused-ring (bicyclic) bond motifs is 3. The summed E-state index contributed by atoms with van der Waals surface area (Å²) in [6.45, 7) is 0. The van der Waals surface area contributed by atoms with Crippen molar-refractivity contribution in [1.82, 2.24) is 4.90 Å². The molecule has 0 heterocycles. The number of rotatable bonds is 3. The van der Waals surface area contributed by atoms with Gasteiger partial charge in [-0.05, 0) is 44.5 Å². The van der Waals surface area contributed by atoms with Crippen LogP contribution >= 0.6 is 0 Å². The molecule has 0 aliphatic heterocycles. The van der Waals surface area contributed by atoms with Gasteiger partial charge in [0.15, 0.2) is 11.4 Å². The molecule has 176 valence electrons. The van der Waals surface area contributed by atoms with E-state index < -0.39 is 58.0 Å². The van der Waals surface area contributed by atoms with Gasteiger partial charge in [-0.3, -0.25) is 19.3 Å². The number of likely N-dealkylation sites (N-methyl/N-ethyl adjacent to an activating group) is 1. The molecule has 1 aromatic carbocycles. The van der Waals surface area contributed by atoms with Gasteiger partial charge in [0.2, 0.25) is 5.78 Å². The van der Waals surface area contributed by atoms with Crippen molar-refractivity contribution in [3.8, 4) is 5.75 Å². The van der Waals surface area contributed by atoms with Crippen molar-refractivity contribution in [3.63, 3.8) is 0 Å². The molecule has 0 aromatic heterocycles. The summed E-state index contributed by atoms with van der Waals surface area (Å²) in [5.74, 6) is -6.49. The number of carbonyl (C=O) groups excluding carboxylic acids is 3. The molecular weight excluding hydrogens is 430 g/mol. The van der Waals surface area contributed by atoms with Crippen LogP contribution in [0.5, 0.6) is 5.75 Å². The van der Waals surface area contributed by atoms with Crippen molar-refractivity contribution in [2.45, 2.75) is 24.5 Å². The predicted molar refractivity (Wildman–Crippen MR) is 118 cm³/mol. The fourth-order valence-electron chi connectivity index (χ4n) is 5.58. The smallest absolute Gasteiger partial charge is 0.255 e. The molecule has 0 bridgehead atoms. The Labute approximate surface area is 190 Å². The molecule has 2 unspecified atom stereocenters. The van der Waals surface area contributed by atoms with Crippen LogP contribution in [0.1, 0.15) is 22.3 Å². The highest BCUT2D eigenvalue weighted by atomic mass is 16.3. The number of aliphatic hydroxyl groups excluding tert-OH is 2. The number of anilines is 1. The van der Waals surface area contributed by atoms with Crippen LogP contribution in [0, 0.1) is 11.8 Å². The van der Waals surface area contributed by atoms with E-state index in [1.54, 1.807) is 45.2 Å². The molecule has 1 amide bonds. The van der Waals surface area contributed by atoms with E-state index >= 15 is 0 Å². The standard InChI is InChI=1S/C23H27N3O7/c1-25(2)12-6-5-9-7-10-8-11-16(26(3)4)19(29)15(22(24)32)21(31)23(11,33)20(30)14(10)18(28)13(9)17(12)27/h5-6,10-11,16,27,29-30,33H,7-8H2,1-4H3,(H2,24,32)/t10?,11?,16-,23-/m0/s1. The van der Waals surface area contributed by atoms with E-state index in [-0.39, 0.29) is 29.7 Å². The average molecular weight is 457 g/mol. The molecule has 3 aliphatic carbocycles. The Morgan fingerprint density at radius 2 is 1.76 bits per heavy atom. The van der Waals surface area contributed by atoms with Crippen molar-refractivity contribution >= 4 is 23.2 Å². The lowest BCUT2D eigenvalue weighted by Crippen LogP contribution is -2.63. The Balaban J connectivity index is 1.95. The van der Waals surface area contributed by atoms with E-state index in [2.05, 4.69) is 0 Å². The second-order valence-electron chi connectivity index (χ2n) is 9.32. The molecule has 0 radical (unpaired) electrons. The van der Waals surface area contributed by atoms with Gasteiger partial charge in [-0.15, -0.1) is 0 Å². The lowest BCUT2D eigenvalue weighted by molar-refractivity contribution is -0.148. The number of allylic oxidation sites excluding steroid dienone is 1. The van der Waals surface area contributed by atoms with Crippen LogP contribution in [0.15, 0.2) is 34.8 Å². The maximum atomic E-state index is 13.5. The third-order valence-corrected chi connectivity index (χ3v) is 7.06. The molecule has 1 aromatic rings. The number of hydrogen-bond acceptors (Lipinski definition) is 9. The number of primary amides is 1. The van der Waals surface area contributed by atoms with Gasteiger partial charge in [-0.25, -0.2) is 0 Å². The number of hydrogen-bond donors (Lipinski definition) is 5. The number of aromatic hydroxyl groups is 1. The molecule has 0 saturated carbocycles. The fraction of sp³-hybridized carbons (Fsp3) is 0.435. The summed E-state index contributed by atoms with van der Waals surface area (Å²) in [5.41, 5.74) is 2.69. The fourth-order valence-corrected chi connectivity index (χ4v) is 5.58.